The summed E-state index contributed by atoms with van der Waals surface area (Å²) < 4.78 is 30.8. The maximum Gasteiger partial charge on any atom is 0.285 e. The molecule has 0 aliphatic carbocycles. The molecule has 1 aromatic carbocycles. The minimum Gasteiger partial charge on any atom is -0.350 e. The van der Waals surface area contributed by atoms with Crippen molar-refractivity contribution in [3.8, 4) is 0 Å². The van der Waals surface area contributed by atoms with E-state index in [4.69, 9.17) is 5.41 Å². The quantitative estimate of drug-likeness (QED) is 0.172. The molecule has 36 heavy (non-hydrogen) atoms. The Kier molecular flexibility index (Phi) is 6.80. The normalized spacial score (nSPS) is 14.7. The number of carbonyl (C=O) groups is 1. The van der Waals surface area contributed by atoms with Crippen molar-refractivity contribution in [2.24, 2.45) is 0 Å². The van der Waals surface area contributed by atoms with Crippen molar-refractivity contribution in [2.45, 2.75) is 38.9 Å². The van der Waals surface area contributed by atoms with Gasteiger partial charge in [0, 0.05) is 36.1 Å². The van der Waals surface area contributed by atoms with Crippen LogP contribution in [0.15, 0.2) is 54.0 Å². The number of carbonyl (C=O) groups excluding carboxylic acids is 1. The number of hydrogen-bond donors (Lipinski definition) is 4. The molecule has 0 saturated carbocycles. The van der Waals surface area contributed by atoms with Gasteiger partial charge in [0.25, 0.3) is 11.5 Å². The smallest absolute Gasteiger partial charge is 0.285 e. The highest BCUT2D eigenvalue weighted by Crippen LogP contribution is 2.34. The number of allylic oxidation sites excluding steroid dienone is 2. The van der Waals surface area contributed by atoms with Crippen LogP contribution in [-0.4, -0.2) is 43.7 Å². The van der Waals surface area contributed by atoms with Crippen LogP contribution in [0.5, 0.6) is 0 Å². The number of rotatable bonds is 7. The average Bonchev–Trinajstić information content (AvgIpc) is 3.08. The van der Waals surface area contributed by atoms with Gasteiger partial charge in [-0.25, -0.2) is 14.3 Å². The molecule has 12 heteroatoms. The van der Waals surface area contributed by atoms with Crippen molar-refractivity contribution in [2.75, 3.05) is 11.9 Å². The molecule has 0 spiro atoms. The number of nitrogens with one attached hydrogen (secondary N) is 4. The zero-order valence-corrected chi connectivity index (χ0v) is 19.8. The van der Waals surface area contributed by atoms with Crippen LogP contribution in [0, 0.1) is 5.41 Å². The van der Waals surface area contributed by atoms with Crippen LogP contribution in [0.25, 0.3) is 11.0 Å². The Balaban J connectivity index is 1.70. The predicted octanol–water partition coefficient (Wildman–Crippen LogP) is 2.62. The summed E-state index contributed by atoms with van der Waals surface area (Å²) in [7, 11) is 0. The maximum atomic E-state index is 14.1. The number of fused-ring (bicyclic) bond motifs is 2. The Bertz CT molecular complexity index is 1440. The van der Waals surface area contributed by atoms with Crippen LogP contribution in [0.2, 0.25) is 0 Å². The van der Waals surface area contributed by atoms with Gasteiger partial charge in [0.2, 0.25) is 11.9 Å². The molecule has 4 rings (SSSR count). The molecule has 0 radical (unpaired) electrons. The molecule has 0 bridgehead atoms. The first-order valence-corrected chi connectivity index (χ1v) is 11.3. The number of amides is 1. The Labute approximate surface area is 205 Å². The highest BCUT2D eigenvalue weighted by molar-refractivity contribution is 6.01. The SMILES string of the molecule is C=CCn1c(=O)c2cnc(Nc3ccc4c(c3)CNCC4(F)F)nc2n1C(=N)/C=C\C(=O)NC(C)C. The lowest BCUT2D eigenvalue weighted by molar-refractivity contribution is -0.116. The van der Waals surface area contributed by atoms with E-state index in [9.17, 15) is 18.4 Å². The first kappa shape index (κ1) is 24.9. The molecular formula is C24H26F2N8O2. The number of anilines is 2. The maximum absolute atomic E-state index is 14.1. The lowest BCUT2D eigenvalue weighted by atomic mass is 9.97. The van der Waals surface area contributed by atoms with E-state index >= 15 is 0 Å². The van der Waals surface area contributed by atoms with Gasteiger partial charge in [-0.2, -0.15) is 13.8 Å². The molecule has 1 aliphatic rings. The second kappa shape index (κ2) is 9.82. The summed E-state index contributed by atoms with van der Waals surface area (Å²) in [5, 5.41) is 17.0. The van der Waals surface area contributed by atoms with E-state index in [0.29, 0.717) is 17.8 Å². The van der Waals surface area contributed by atoms with E-state index in [-0.39, 0.29) is 46.9 Å². The third kappa shape index (κ3) is 4.93. The second-order valence-electron chi connectivity index (χ2n) is 8.61. The van der Waals surface area contributed by atoms with Gasteiger partial charge in [-0.15, -0.1) is 6.58 Å². The summed E-state index contributed by atoms with van der Waals surface area (Å²) in [6, 6.07) is 4.40. The fraction of sp³-hybridized carbons (Fsp3) is 0.292. The molecule has 0 atom stereocenters. The van der Waals surface area contributed by atoms with Crippen molar-refractivity contribution in [1.29, 1.82) is 5.41 Å². The highest BCUT2D eigenvalue weighted by Gasteiger charge is 2.36. The number of nitrogens with zero attached hydrogens (tertiary/aromatic N) is 4. The summed E-state index contributed by atoms with van der Waals surface area (Å²) in [5.74, 6) is -3.40. The molecule has 0 fully saturated rings. The summed E-state index contributed by atoms with van der Waals surface area (Å²) in [5.41, 5.74) is 0.637. The van der Waals surface area contributed by atoms with Gasteiger partial charge in [0.05, 0.1) is 13.1 Å². The molecule has 4 N–H and O–H groups in total. The summed E-state index contributed by atoms with van der Waals surface area (Å²) in [4.78, 5) is 33.5. The number of benzene rings is 1. The van der Waals surface area contributed by atoms with Crippen molar-refractivity contribution < 1.29 is 13.6 Å². The van der Waals surface area contributed by atoms with Gasteiger partial charge in [-0.1, -0.05) is 12.1 Å². The van der Waals surface area contributed by atoms with E-state index in [1.165, 1.54) is 45.9 Å². The first-order chi connectivity index (χ1) is 17.1. The van der Waals surface area contributed by atoms with E-state index in [1.807, 2.05) is 13.8 Å². The van der Waals surface area contributed by atoms with Gasteiger partial charge < -0.3 is 16.0 Å². The monoisotopic (exact) mass is 496 g/mol. The topological polar surface area (TPSA) is 130 Å². The molecule has 3 aromatic rings. The number of hydrogen-bond acceptors (Lipinski definition) is 7. The third-order valence-electron chi connectivity index (χ3n) is 5.45. The largest absolute Gasteiger partial charge is 0.350 e. The lowest BCUT2D eigenvalue weighted by Crippen LogP contribution is -2.36. The number of aromatic nitrogens is 4. The predicted molar refractivity (Wildman–Crippen MR) is 133 cm³/mol. The Morgan fingerprint density at radius 3 is 2.86 bits per heavy atom. The standard InChI is InChI=1S/C24H26F2N8O2/c1-4-9-33-22(36)17-12-29-23(31-16-5-6-18-15(10-16)11-28-13-24(18,25)26)32-21(17)34(33)19(27)7-8-20(35)30-14(2)3/h4-8,10,12,14,27-28H,1,9,11,13H2,2-3H3,(H,30,35)(H,29,31,32)/b8-7-,27-19?. The van der Waals surface area contributed by atoms with Crippen molar-refractivity contribution in [3.63, 3.8) is 0 Å². The van der Waals surface area contributed by atoms with Gasteiger partial charge in [-0.05, 0) is 37.6 Å². The van der Waals surface area contributed by atoms with Crippen LogP contribution in [0.1, 0.15) is 25.0 Å². The molecule has 0 unspecified atom stereocenters. The molecule has 10 nitrogen and oxygen atoms in total. The van der Waals surface area contributed by atoms with Gasteiger partial charge in [0.15, 0.2) is 5.65 Å². The Hall–Kier alpha value is -4.19. The molecule has 3 heterocycles. The summed E-state index contributed by atoms with van der Waals surface area (Å²) >= 11 is 0. The zero-order valence-electron chi connectivity index (χ0n) is 19.8. The van der Waals surface area contributed by atoms with Gasteiger partial charge in [0.1, 0.15) is 11.2 Å². The van der Waals surface area contributed by atoms with Gasteiger partial charge in [-0.3, -0.25) is 15.0 Å². The minimum absolute atomic E-state index is 0.0275. The third-order valence-corrected chi connectivity index (χ3v) is 5.45. The molecule has 1 amide bonds. The Morgan fingerprint density at radius 2 is 2.14 bits per heavy atom. The fourth-order valence-electron chi connectivity index (χ4n) is 3.93. The molecule has 0 saturated heterocycles. The lowest BCUT2D eigenvalue weighted by Gasteiger charge is -2.26. The van der Waals surface area contributed by atoms with Crippen molar-refractivity contribution in [1.82, 2.24) is 30.0 Å². The van der Waals surface area contributed by atoms with Crippen LogP contribution in [0.3, 0.4) is 0 Å². The molecule has 188 valence electrons. The zero-order chi connectivity index (χ0) is 26.0. The molecular weight excluding hydrogens is 470 g/mol. The van der Waals surface area contributed by atoms with E-state index in [0.717, 1.165) is 0 Å². The Morgan fingerprint density at radius 1 is 1.36 bits per heavy atom. The van der Waals surface area contributed by atoms with Crippen LogP contribution >= 0.6 is 0 Å². The minimum atomic E-state index is -2.95. The number of halogens is 2. The van der Waals surface area contributed by atoms with E-state index < -0.39 is 18.0 Å². The fourth-order valence-corrected chi connectivity index (χ4v) is 3.93. The number of alkyl halides is 2. The first-order valence-electron chi connectivity index (χ1n) is 11.3. The molecule has 1 aliphatic heterocycles. The van der Waals surface area contributed by atoms with Crippen LogP contribution < -0.4 is 21.5 Å². The summed E-state index contributed by atoms with van der Waals surface area (Å²) in [6.45, 7) is 7.28. The van der Waals surface area contributed by atoms with E-state index in [2.05, 4.69) is 32.5 Å². The summed E-state index contributed by atoms with van der Waals surface area (Å²) in [6.07, 6.45) is 5.30. The van der Waals surface area contributed by atoms with Crippen molar-refractivity contribution >= 4 is 34.4 Å². The van der Waals surface area contributed by atoms with Crippen LogP contribution in [0.4, 0.5) is 20.4 Å². The van der Waals surface area contributed by atoms with Crippen molar-refractivity contribution in [3.05, 3.63) is 70.7 Å². The average molecular weight is 497 g/mol. The van der Waals surface area contributed by atoms with Crippen LogP contribution in [-0.2, 0) is 23.8 Å². The second-order valence-corrected chi connectivity index (χ2v) is 8.61. The molecule has 2 aromatic heterocycles. The van der Waals surface area contributed by atoms with E-state index in [1.54, 1.807) is 6.07 Å². The van der Waals surface area contributed by atoms with Gasteiger partial charge >= 0.3 is 0 Å². The highest BCUT2D eigenvalue weighted by atomic mass is 19.3.